The van der Waals surface area contributed by atoms with Crippen molar-refractivity contribution in [1.29, 1.82) is 5.26 Å². The summed E-state index contributed by atoms with van der Waals surface area (Å²) in [5.74, 6) is -1.26. The number of nitriles is 1. The first-order valence-electron chi connectivity index (χ1n) is 9.24. The number of ether oxygens (including phenoxy) is 1. The summed E-state index contributed by atoms with van der Waals surface area (Å²) < 4.78 is 19.4. The first-order chi connectivity index (χ1) is 14.4. The van der Waals surface area contributed by atoms with Crippen LogP contribution in [-0.2, 0) is 13.0 Å². The summed E-state index contributed by atoms with van der Waals surface area (Å²) >= 11 is 0. The summed E-state index contributed by atoms with van der Waals surface area (Å²) in [6.45, 7) is 1.09. The largest absolute Gasteiger partial charge is 0.494 e. The molecule has 2 aromatic carbocycles. The summed E-state index contributed by atoms with van der Waals surface area (Å²) in [6, 6.07) is 16.3. The van der Waals surface area contributed by atoms with Crippen molar-refractivity contribution in [1.82, 2.24) is 4.57 Å². The van der Waals surface area contributed by atoms with E-state index < -0.39 is 29.6 Å². The molecular weight excluding hydrogens is 387 g/mol. The molecule has 0 radical (unpaired) electrons. The van der Waals surface area contributed by atoms with Crippen molar-refractivity contribution in [2.75, 3.05) is 6.61 Å². The van der Waals surface area contributed by atoms with Gasteiger partial charge in [-0.3, -0.25) is 14.2 Å². The Balaban J connectivity index is 1.90. The second-order valence-corrected chi connectivity index (χ2v) is 6.67. The Hall–Kier alpha value is -3.92. The number of Topliss-reactive ketones (excluding diaryl/α,β-unsaturated/α-hetero) is 1. The van der Waals surface area contributed by atoms with Crippen molar-refractivity contribution in [3.63, 3.8) is 0 Å². The molecule has 1 N–H and O–H groups in total. The second kappa shape index (κ2) is 9.05. The highest BCUT2D eigenvalue weighted by Gasteiger charge is 2.24. The van der Waals surface area contributed by atoms with E-state index in [1.165, 1.54) is 31.2 Å². The van der Waals surface area contributed by atoms with Crippen molar-refractivity contribution in [2.24, 2.45) is 0 Å². The lowest BCUT2D eigenvalue weighted by Gasteiger charge is -2.16. The summed E-state index contributed by atoms with van der Waals surface area (Å²) in [7, 11) is 0. The van der Waals surface area contributed by atoms with Gasteiger partial charge in [-0.05, 0) is 48.7 Å². The average molecular weight is 406 g/mol. The third kappa shape index (κ3) is 4.39. The first kappa shape index (κ1) is 20.8. The molecule has 0 saturated heterocycles. The summed E-state index contributed by atoms with van der Waals surface area (Å²) in [6.07, 6.45) is 0.432. The van der Waals surface area contributed by atoms with Crippen LogP contribution in [0, 0.1) is 24.1 Å². The molecular formula is C23H19FN2O4. The number of hydrogen-bond donors (Lipinski definition) is 1. The Labute approximate surface area is 172 Å². The molecule has 3 rings (SSSR count). The molecule has 1 aromatic heterocycles. The molecule has 0 atom stereocenters. The predicted octanol–water partition coefficient (Wildman–Crippen LogP) is 3.38. The Morgan fingerprint density at radius 2 is 1.83 bits per heavy atom. The molecule has 0 amide bonds. The van der Waals surface area contributed by atoms with Gasteiger partial charge in [0.05, 0.1) is 5.56 Å². The number of benzene rings is 2. The van der Waals surface area contributed by atoms with Crippen LogP contribution in [0.5, 0.6) is 11.6 Å². The fraction of sp³-hybridized carbons (Fsp3) is 0.174. The van der Waals surface area contributed by atoms with Crippen LogP contribution in [-0.4, -0.2) is 22.1 Å². The van der Waals surface area contributed by atoms with E-state index in [0.29, 0.717) is 6.42 Å². The zero-order chi connectivity index (χ0) is 21.7. The van der Waals surface area contributed by atoms with Crippen LogP contribution < -0.4 is 10.3 Å². The van der Waals surface area contributed by atoms with Gasteiger partial charge >= 0.3 is 0 Å². The topological polar surface area (TPSA) is 92.3 Å². The first-order valence-corrected chi connectivity index (χ1v) is 9.24. The molecule has 0 saturated carbocycles. The van der Waals surface area contributed by atoms with E-state index in [0.717, 1.165) is 10.1 Å². The molecule has 7 heteroatoms. The maximum atomic E-state index is 13.0. The van der Waals surface area contributed by atoms with Crippen molar-refractivity contribution >= 4 is 5.78 Å². The van der Waals surface area contributed by atoms with Crippen LogP contribution >= 0.6 is 0 Å². The zero-order valence-corrected chi connectivity index (χ0v) is 16.3. The number of aromatic hydroxyl groups is 1. The molecule has 1 heterocycles. The highest BCUT2D eigenvalue weighted by atomic mass is 19.1. The quantitative estimate of drug-likeness (QED) is 0.608. The van der Waals surface area contributed by atoms with Gasteiger partial charge in [0.15, 0.2) is 6.61 Å². The van der Waals surface area contributed by atoms with Gasteiger partial charge in [0.2, 0.25) is 11.7 Å². The van der Waals surface area contributed by atoms with Gasteiger partial charge in [-0.15, -0.1) is 0 Å². The molecule has 0 fully saturated rings. The molecule has 152 valence electrons. The molecule has 0 spiro atoms. The fourth-order valence-corrected chi connectivity index (χ4v) is 3.13. The Kier molecular flexibility index (Phi) is 6.28. The summed E-state index contributed by atoms with van der Waals surface area (Å²) in [5, 5.41) is 20.1. The lowest BCUT2D eigenvalue weighted by molar-refractivity contribution is 0.0916. The lowest BCUT2D eigenvalue weighted by atomic mass is 10.0. The molecule has 30 heavy (non-hydrogen) atoms. The number of hydrogen-bond acceptors (Lipinski definition) is 5. The van der Waals surface area contributed by atoms with Crippen LogP contribution in [0.3, 0.4) is 0 Å². The zero-order valence-electron chi connectivity index (χ0n) is 16.3. The van der Waals surface area contributed by atoms with Crippen molar-refractivity contribution < 1.29 is 19.0 Å². The van der Waals surface area contributed by atoms with Crippen LogP contribution in [0.15, 0.2) is 59.4 Å². The van der Waals surface area contributed by atoms with Gasteiger partial charge in [-0.2, -0.15) is 5.26 Å². The SMILES string of the molecule is Cc1c(C(=O)COc2ccc(F)cc2)c(O)n(CCc2ccccc2)c(=O)c1C#N. The van der Waals surface area contributed by atoms with Gasteiger partial charge in [0, 0.05) is 6.54 Å². The number of pyridine rings is 1. The van der Waals surface area contributed by atoms with Crippen LogP contribution in [0.1, 0.15) is 27.0 Å². The average Bonchev–Trinajstić information content (AvgIpc) is 2.74. The summed E-state index contributed by atoms with van der Waals surface area (Å²) in [5.41, 5.74) is 0.0471. The number of rotatable bonds is 7. The van der Waals surface area contributed by atoms with Gasteiger partial charge in [-0.1, -0.05) is 30.3 Å². The lowest BCUT2D eigenvalue weighted by Crippen LogP contribution is -2.28. The number of carbonyl (C=O) groups excluding carboxylic acids is 1. The second-order valence-electron chi connectivity index (χ2n) is 6.67. The normalized spacial score (nSPS) is 10.4. The van der Waals surface area contributed by atoms with Gasteiger partial charge in [0.1, 0.15) is 23.2 Å². The van der Waals surface area contributed by atoms with E-state index in [-0.39, 0.29) is 29.0 Å². The molecule has 3 aromatic rings. The van der Waals surface area contributed by atoms with Crippen molar-refractivity contribution in [2.45, 2.75) is 19.9 Å². The molecule has 0 unspecified atom stereocenters. The standard InChI is InChI=1S/C23H19FN2O4/c1-15-19(13-25)22(28)26(12-11-16-5-3-2-4-6-16)23(29)21(15)20(27)14-30-18-9-7-17(24)8-10-18/h2-10,29H,11-12,14H2,1H3. The van der Waals surface area contributed by atoms with Crippen molar-refractivity contribution in [3.05, 3.63) is 93.0 Å². The third-order valence-electron chi connectivity index (χ3n) is 4.73. The Morgan fingerprint density at radius 1 is 1.17 bits per heavy atom. The number of nitrogens with zero attached hydrogens (tertiary/aromatic N) is 2. The van der Waals surface area contributed by atoms with Crippen LogP contribution in [0.4, 0.5) is 4.39 Å². The van der Waals surface area contributed by atoms with Gasteiger partial charge < -0.3 is 9.84 Å². The van der Waals surface area contributed by atoms with E-state index in [9.17, 15) is 24.3 Å². The van der Waals surface area contributed by atoms with Crippen molar-refractivity contribution in [3.8, 4) is 17.7 Å². The Morgan fingerprint density at radius 3 is 2.47 bits per heavy atom. The molecule has 0 aliphatic rings. The minimum Gasteiger partial charge on any atom is -0.494 e. The number of halogens is 1. The summed E-state index contributed by atoms with van der Waals surface area (Å²) in [4.78, 5) is 25.4. The smallest absolute Gasteiger partial charge is 0.271 e. The highest BCUT2D eigenvalue weighted by Crippen LogP contribution is 2.23. The van der Waals surface area contributed by atoms with E-state index >= 15 is 0 Å². The van der Waals surface area contributed by atoms with E-state index in [4.69, 9.17) is 4.74 Å². The third-order valence-corrected chi connectivity index (χ3v) is 4.73. The maximum absolute atomic E-state index is 13.0. The van der Waals surface area contributed by atoms with E-state index in [1.807, 2.05) is 36.4 Å². The minimum absolute atomic E-state index is 0.0999. The number of aromatic nitrogens is 1. The van der Waals surface area contributed by atoms with E-state index in [1.54, 1.807) is 0 Å². The molecule has 0 aliphatic carbocycles. The highest BCUT2D eigenvalue weighted by molar-refractivity contribution is 6.01. The molecule has 6 nitrogen and oxygen atoms in total. The fourth-order valence-electron chi connectivity index (χ4n) is 3.13. The monoisotopic (exact) mass is 406 g/mol. The maximum Gasteiger partial charge on any atom is 0.271 e. The van der Waals surface area contributed by atoms with Gasteiger partial charge in [-0.25, -0.2) is 4.39 Å². The predicted molar refractivity (Wildman–Crippen MR) is 108 cm³/mol. The number of ketones is 1. The molecule has 0 aliphatic heterocycles. The molecule has 0 bridgehead atoms. The van der Waals surface area contributed by atoms with Gasteiger partial charge in [0.25, 0.3) is 5.56 Å². The van der Waals surface area contributed by atoms with Crippen LogP contribution in [0.25, 0.3) is 0 Å². The van der Waals surface area contributed by atoms with Crippen LogP contribution in [0.2, 0.25) is 0 Å². The minimum atomic E-state index is -0.653. The number of carbonyl (C=O) groups is 1. The van der Waals surface area contributed by atoms with E-state index in [2.05, 4.69) is 0 Å². The number of aryl methyl sites for hydroxylation is 1. The Bertz CT molecular complexity index is 1160.